The fourth-order valence-corrected chi connectivity index (χ4v) is 2.41. The van der Waals surface area contributed by atoms with Crippen LogP contribution < -0.4 is 5.32 Å². The summed E-state index contributed by atoms with van der Waals surface area (Å²) >= 11 is 1.81. The van der Waals surface area contributed by atoms with E-state index in [1.807, 2.05) is 18.7 Å². The first-order chi connectivity index (χ1) is 9.06. The van der Waals surface area contributed by atoms with Gasteiger partial charge in [-0.25, -0.2) is 0 Å². The molecule has 0 aliphatic carbocycles. The summed E-state index contributed by atoms with van der Waals surface area (Å²) in [5.41, 5.74) is -0.0439. The molecule has 0 unspecified atom stereocenters. The molecule has 0 radical (unpaired) electrons. The molecule has 5 nitrogen and oxygen atoms in total. The molecule has 19 heavy (non-hydrogen) atoms. The Kier molecular flexibility index (Phi) is 6.35. The van der Waals surface area contributed by atoms with E-state index in [1.54, 1.807) is 12.1 Å². The first kappa shape index (κ1) is 15.5. The molecule has 1 aromatic carbocycles. The van der Waals surface area contributed by atoms with E-state index in [-0.39, 0.29) is 23.2 Å². The van der Waals surface area contributed by atoms with Crippen LogP contribution in [-0.4, -0.2) is 28.4 Å². The number of benzene rings is 1. The van der Waals surface area contributed by atoms with Gasteiger partial charge in [0.05, 0.1) is 4.92 Å². The fraction of sp³-hybridized carbons (Fsp3) is 0.462. The molecular formula is C13H18N2O3S. The van der Waals surface area contributed by atoms with Crippen LogP contribution in [0.15, 0.2) is 24.3 Å². The number of carbonyl (C=O) groups excluding carboxylic acids is 1. The minimum Gasteiger partial charge on any atom is -0.349 e. The lowest BCUT2D eigenvalue weighted by molar-refractivity contribution is -0.385. The van der Waals surface area contributed by atoms with E-state index >= 15 is 0 Å². The normalized spacial score (nSPS) is 11.9. The van der Waals surface area contributed by atoms with Crippen LogP contribution in [0.2, 0.25) is 0 Å². The van der Waals surface area contributed by atoms with Gasteiger partial charge in [-0.1, -0.05) is 19.1 Å². The molecule has 0 bridgehead atoms. The van der Waals surface area contributed by atoms with Crippen molar-refractivity contribution in [2.75, 3.05) is 11.5 Å². The molecule has 1 amide bonds. The van der Waals surface area contributed by atoms with E-state index in [2.05, 4.69) is 12.2 Å². The molecule has 0 aliphatic rings. The Morgan fingerprint density at radius 2 is 2.16 bits per heavy atom. The number of hydrogen-bond acceptors (Lipinski definition) is 4. The van der Waals surface area contributed by atoms with Gasteiger partial charge < -0.3 is 5.32 Å². The van der Waals surface area contributed by atoms with Gasteiger partial charge in [-0.05, 0) is 30.9 Å². The second-order valence-electron chi connectivity index (χ2n) is 4.13. The number of nitro groups is 1. The Morgan fingerprint density at radius 3 is 2.79 bits per heavy atom. The summed E-state index contributed by atoms with van der Waals surface area (Å²) in [4.78, 5) is 22.3. The van der Waals surface area contributed by atoms with E-state index in [1.165, 1.54) is 12.1 Å². The van der Waals surface area contributed by atoms with Crippen molar-refractivity contribution in [2.24, 2.45) is 0 Å². The first-order valence-electron chi connectivity index (χ1n) is 6.18. The summed E-state index contributed by atoms with van der Waals surface area (Å²) < 4.78 is 0. The number of rotatable bonds is 7. The average Bonchev–Trinajstić information content (AvgIpc) is 2.39. The third-order valence-electron chi connectivity index (χ3n) is 2.62. The summed E-state index contributed by atoms with van der Waals surface area (Å²) in [7, 11) is 0. The predicted molar refractivity (Wildman–Crippen MR) is 77.6 cm³/mol. The highest BCUT2D eigenvalue weighted by molar-refractivity contribution is 7.99. The second-order valence-corrected chi connectivity index (χ2v) is 5.53. The highest BCUT2D eigenvalue weighted by atomic mass is 32.2. The molecule has 104 valence electrons. The Balaban J connectivity index is 2.65. The zero-order valence-corrected chi connectivity index (χ0v) is 11.9. The van der Waals surface area contributed by atoms with Gasteiger partial charge in [0.1, 0.15) is 5.56 Å². The van der Waals surface area contributed by atoms with Crippen molar-refractivity contribution in [1.29, 1.82) is 0 Å². The number of hydrogen-bond donors (Lipinski definition) is 1. The molecule has 6 heteroatoms. The van der Waals surface area contributed by atoms with Crippen molar-refractivity contribution in [2.45, 2.75) is 26.3 Å². The lowest BCUT2D eigenvalue weighted by Gasteiger charge is -2.13. The fourth-order valence-electron chi connectivity index (χ4n) is 1.60. The molecule has 0 saturated carbocycles. The van der Waals surface area contributed by atoms with Crippen molar-refractivity contribution < 1.29 is 9.72 Å². The summed E-state index contributed by atoms with van der Waals surface area (Å²) in [5.74, 6) is 1.63. The van der Waals surface area contributed by atoms with E-state index in [9.17, 15) is 14.9 Å². The van der Waals surface area contributed by atoms with Gasteiger partial charge in [0.2, 0.25) is 0 Å². The molecule has 0 heterocycles. The standard InChI is InChI=1S/C13H18N2O3S/c1-3-19-9-8-10(2)14-13(16)11-6-4-5-7-12(11)15(17)18/h4-7,10H,3,8-9H2,1-2H3,(H,14,16)/t10-/m1/s1. The van der Waals surface area contributed by atoms with Gasteiger partial charge in [0.15, 0.2) is 0 Å². The van der Waals surface area contributed by atoms with E-state index in [4.69, 9.17) is 0 Å². The maximum Gasteiger partial charge on any atom is 0.282 e. The number of amides is 1. The minimum atomic E-state index is -0.535. The minimum absolute atomic E-state index is 0.00589. The van der Waals surface area contributed by atoms with Crippen LogP contribution in [0.5, 0.6) is 0 Å². The Morgan fingerprint density at radius 1 is 1.47 bits per heavy atom. The van der Waals surface area contributed by atoms with Crippen LogP contribution in [0.3, 0.4) is 0 Å². The van der Waals surface area contributed by atoms with Crippen LogP contribution >= 0.6 is 11.8 Å². The molecule has 1 N–H and O–H groups in total. The molecule has 0 spiro atoms. The van der Waals surface area contributed by atoms with Crippen molar-refractivity contribution >= 4 is 23.4 Å². The van der Waals surface area contributed by atoms with Crippen molar-refractivity contribution in [3.8, 4) is 0 Å². The quantitative estimate of drug-likeness (QED) is 0.474. The van der Waals surface area contributed by atoms with E-state index in [0.717, 1.165) is 17.9 Å². The van der Waals surface area contributed by atoms with Gasteiger partial charge >= 0.3 is 0 Å². The molecule has 0 fully saturated rings. The molecule has 1 atom stereocenters. The molecule has 0 aliphatic heterocycles. The number of nitro benzene ring substituents is 1. The van der Waals surface area contributed by atoms with Gasteiger partial charge in [-0.15, -0.1) is 0 Å². The van der Waals surface area contributed by atoms with Crippen LogP contribution in [0.1, 0.15) is 30.6 Å². The smallest absolute Gasteiger partial charge is 0.282 e. The zero-order chi connectivity index (χ0) is 14.3. The third-order valence-corrected chi connectivity index (χ3v) is 3.55. The number of nitrogens with one attached hydrogen (secondary N) is 1. The number of nitrogens with zero attached hydrogens (tertiary/aromatic N) is 1. The highest BCUT2D eigenvalue weighted by Gasteiger charge is 2.20. The lowest BCUT2D eigenvalue weighted by Crippen LogP contribution is -2.33. The van der Waals surface area contributed by atoms with E-state index in [0.29, 0.717) is 0 Å². The van der Waals surface area contributed by atoms with Gasteiger partial charge in [-0.3, -0.25) is 14.9 Å². The number of carbonyl (C=O) groups is 1. The van der Waals surface area contributed by atoms with Gasteiger partial charge in [-0.2, -0.15) is 11.8 Å². The molecule has 1 aromatic rings. The monoisotopic (exact) mass is 282 g/mol. The Labute approximate surface area is 116 Å². The Hall–Kier alpha value is -1.56. The number of para-hydroxylation sites is 1. The SMILES string of the molecule is CCSCC[C@@H](C)NC(=O)c1ccccc1[N+](=O)[O-]. The largest absolute Gasteiger partial charge is 0.349 e. The molecule has 0 aromatic heterocycles. The maximum atomic E-state index is 12.0. The second kappa shape index (κ2) is 7.78. The molecule has 0 saturated heterocycles. The van der Waals surface area contributed by atoms with Crippen LogP contribution in [0.4, 0.5) is 5.69 Å². The van der Waals surface area contributed by atoms with Crippen LogP contribution in [0, 0.1) is 10.1 Å². The lowest BCUT2D eigenvalue weighted by atomic mass is 10.1. The third kappa shape index (κ3) is 4.90. The van der Waals surface area contributed by atoms with E-state index < -0.39 is 4.92 Å². The number of thioether (sulfide) groups is 1. The highest BCUT2D eigenvalue weighted by Crippen LogP contribution is 2.17. The van der Waals surface area contributed by atoms with Crippen molar-refractivity contribution in [3.63, 3.8) is 0 Å². The average molecular weight is 282 g/mol. The molecular weight excluding hydrogens is 264 g/mol. The Bertz CT molecular complexity index is 451. The topological polar surface area (TPSA) is 72.2 Å². The van der Waals surface area contributed by atoms with Gasteiger partial charge in [0.25, 0.3) is 11.6 Å². The van der Waals surface area contributed by atoms with Gasteiger partial charge in [0, 0.05) is 12.1 Å². The summed E-state index contributed by atoms with van der Waals surface area (Å²) in [6, 6.07) is 6.00. The molecule has 1 rings (SSSR count). The van der Waals surface area contributed by atoms with Crippen molar-refractivity contribution in [1.82, 2.24) is 5.32 Å². The summed E-state index contributed by atoms with van der Waals surface area (Å²) in [6.07, 6.45) is 0.852. The van der Waals surface area contributed by atoms with Crippen LogP contribution in [0.25, 0.3) is 0 Å². The first-order valence-corrected chi connectivity index (χ1v) is 7.33. The summed E-state index contributed by atoms with van der Waals surface area (Å²) in [5, 5.41) is 13.6. The van der Waals surface area contributed by atoms with Crippen molar-refractivity contribution in [3.05, 3.63) is 39.9 Å². The predicted octanol–water partition coefficient (Wildman–Crippen LogP) is 2.86. The zero-order valence-electron chi connectivity index (χ0n) is 11.1. The maximum absolute atomic E-state index is 12.0. The van der Waals surface area contributed by atoms with Crippen LogP contribution in [-0.2, 0) is 0 Å². The summed E-state index contributed by atoms with van der Waals surface area (Å²) in [6.45, 7) is 3.99.